The van der Waals surface area contributed by atoms with Gasteiger partial charge in [0.25, 0.3) is 0 Å². The van der Waals surface area contributed by atoms with E-state index in [1.807, 2.05) is 0 Å². The maximum atomic E-state index is 13.4. The van der Waals surface area contributed by atoms with E-state index in [0.717, 1.165) is 25.8 Å². The van der Waals surface area contributed by atoms with E-state index >= 15 is 0 Å². The molecule has 0 aliphatic carbocycles. The van der Waals surface area contributed by atoms with E-state index in [2.05, 4.69) is 10.0 Å². The zero-order valence-corrected chi connectivity index (χ0v) is 11.5. The molecule has 1 aromatic rings. The second-order valence-corrected chi connectivity index (χ2v) is 6.68. The van der Waals surface area contributed by atoms with Crippen LogP contribution in [0.15, 0.2) is 24.3 Å². The summed E-state index contributed by atoms with van der Waals surface area (Å²) in [6, 6.07) is 6.04. The van der Waals surface area contributed by atoms with Gasteiger partial charge in [-0.2, -0.15) is 0 Å². The van der Waals surface area contributed by atoms with Crippen LogP contribution in [0.25, 0.3) is 0 Å². The summed E-state index contributed by atoms with van der Waals surface area (Å²) >= 11 is 0. The van der Waals surface area contributed by atoms with Crippen molar-refractivity contribution in [2.24, 2.45) is 0 Å². The van der Waals surface area contributed by atoms with Gasteiger partial charge in [-0.05, 0) is 37.9 Å². The van der Waals surface area contributed by atoms with Gasteiger partial charge in [-0.25, -0.2) is 12.8 Å². The van der Waals surface area contributed by atoms with Crippen molar-refractivity contribution in [3.63, 3.8) is 0 Å². The van der Waals surface area contributed by atoms with Crippen LogP contribution < -0.4 is 10.0 Å². The molecule has 0 spiro atoms. The molecule has 1 saturated heterocycles. The van der Waals surface area contributed by atoms with E-state index in [1.54, 1.807) is 6.07 Å². The van der Waals surface area contributed by atoms with Crippen LogP contribution in [-0.2, 0) is 10.0 Å². The Morgan fingerprint density at radius 3 is 2.79 bits per heavy atom. The molecular weight excluding hydrogens is 267 g/mol. The predicted molar refractivity (Wildman–Crippen MR) is 74.1 cm³/mol. The highest BCUT2D eigenvalue weighted by Crippen LogP contribution is 2.16. The third-order valence-corrected chi connectivity index (χ3v) is 4.59. The molecule has 4 nitrogen and oxygen atoms in total. The topological polar surface area (TPSA) is 58.2 Å². The highest BCUT2D eigenvalue weighted by atomic mass is 32.2. The number of para-hydroxylation sites is 1. The maximum Gasteiger partial charge on any atom is 0.232 e. The average molecular weight is 286 g/mol. The SMILES string of the molecule is O=S(=O)(CCC1CCCCN1)Nc1ccccc1F. The third-order valence-electron chi connectivity index (χ3n) is 3.29. The Labute approximate surface area is 113 Å². The highest BCUT2D eigenvalue weighted by Gasteiger charge is 2.18. The number of nitrogens with one attached hydrogen (secondary N) is 2. The Kier molecular flexibility index (Phi) is 4.76. The maximum absolute atomic E-state index is 13.4. The quantitative estimate of drug-likeness (QED) is 0.871. The van der Waals surface area contributed by atoms with Crippen LogP contribution in [-0.4, -0.2) is 26.8 Å². The second kappa shape index (κ2) is 6.34. The zero-order valence-electron chi connectivity index (χ0n) is 10.7. The van der Waals surface area contributed by atoms with Crippen LogP contribution in [0, 0.1) is 5.82 Å². The Balaban J connectivity index is 1.90. The van der Waals surface area contributed by atoms with Gasteiger partial charge in [0.2, 0.25) is 10.0 Å². The van der Waals surface area contributed by atoms with Crippen LogP contribution in [0.3, 0.4) is 0 Å². The van der Waals surface area contributed by atoms with Crippen molar-refractivity contribution >= 4 is 15.7 Å². The summed E-state index contributed by atoms with van der Waals surface area (Å²) in [6.45, 7) is 0.950. The molecule has 6 heteroatoms. The molecule has 1 atom stereocenters. The van der Waals surface area contributed by atoms with E-state index in [9.17, 15) is 12.8 Å². The Morgan fingerprint density at radius 2 is 2.11 bits per heavy atom. The molecule has 0 aromatic heterocycles. The molecule has 1 unspecified atom stereocenters. The number of piperidine rings is 1. The fraction of sp³-hybridized carbons (Fsp3) is 0.538. The molecule has 1 heterocycles. The third kappa shape index (κ3) is 4.47. The first-order valence-corrected chi connectivity index (χ1v) is 8.20. The van der Waals surface area contributed by atoms with Gasteiger partial charge < -0.3 is 5.32 Å². The minimum absolute atomic E-state index is 0.0129. The summed E-state index contributed by atoms with van der Waals surface area (Å²) in [5.41, 5.74) is 0.0131. The summed E-state index contributed by atoms with van der Waals surface area (Å²) < 4.78 is 39.4. The number of halogens is 1. The van der Waals surface area contributed by atoms with Gasteiger partial charge in [-0.15, -0.1) is 0 Å². The van der Waals surface area contributed by atoms with Gasteiger partial charge in [0.1, 0.15) is 5.82 Å². The van der Waals surface area contributed by atoms with Crippen molar-refractivity contribution in [1.82, 2.24) is 5.32 Å². The molecule has 2 rings (SSSR count). The first-order valence-electron chi connectivity index (χ1n) is 6.55. The number of hydrogen-bond donors (Lipinski definition) is 2. The van der Waals surface area contributed by atoms with E-state index in [0.29, 0.717) is 6.42 Å². The largest absolute Gasteiger partial charge is 0.314 e. The second-order valence-electron chi connectivity index (χ2n) is 4.84. The molecular formula is C13H19FN2O2S. The summed E-state index contributed by atoms with van der Waals surface area (Å²) in [4.78, 5) is 0. The molecule has 1 aliphatic rings. The summed E-state index contributed by atoms with van der Waals surface area (Å²) in [6.07, 6.45) is 3.86. The Bertz CT molecular complexity index is 513. The van der Waals surface area contributed by atoms with Crippen molar-refractivity contribution in [2.45, 2.75) is 31.7 Å². The molecule has 0 radical (unpaired) electrons. The first-order chi connectivity index (χ1) is 9.07. The first kappa shape index (κ1) is 14.3. The van der Waals surface area contributed by atoms with Crippen molar-refractivity contribution in [3.8, 4) is 0 Å². The summed E-state index contributed by atoms with van der Waals surface area (Å²) in [5.74, 6) is -0.541. The molecule has 1 aromatic carbocycles. The molecule has 0 amide bonds. The molecule has 0 bridgehead atoms. The van der Waals surface area contributed by atoms with Crippen molar-refractivity contribution < 1.29 is 12.8 Å². The van der Waals surface area contributed by atoms with E-state index < -0.39 is 15.8 Å². The normalized spacial score (nSPS) is 20.2. The van der Waals surface area contributed by atoms with Crippen LogP contribution >= 0.6 is 0 Å². The van der Waals surface area contributed by atoms with Gasteiger partial charge in [0, 0.05) is 6.04 Å². The number of anilines is 1. The number of benzene rings is 1. The summed E-state index contributed by atoms with van der Waals surface area (Å²) in [7, 11) is -3.49. The number of sulfonamides is 1. The van der Waals surface area contributed by atoms with Crippen molar-refractivity contribution in [3.05, 3.63) is 30.1 Å². The van der Waals surface area contributed by atoms with Gasteiger partial charge in [-0.3, -0.25) is 4.72 Å². The monoisotopic (exact) mass is 286 g/mol. The van der Waals surface area contributed by atoms with Crippen LogP contribution in [0.5, 0.6) is 0 Å². The lowest BCUT2D eigenvalue weighted by Gasteiger charge is -2.23. The smallest absolute Gasteiger partial charge is 0.232 e. The standard InChI is InChI=1S/C13H19FN2O2S/c14-12-6-1-2-7-13(12)16-19(17,18)10-8-11-5-3-4-9-15-11/h1-2,6-7,11,15-16H,3-5,8-10H2. The van der Waals surface area contributed by atoms with Gasteiger partial charge in [0.15, 0.2) is 0 Å². The molecule has 19 heavy (non-hydrogen) atoms. The van der Waals surface area contributed by atoms with Crippen molar-refractivity contribution in [1.29, 1.82) is 0 Å². The minimum atomic E-state index is -3.49. The lowest BCUT2D eigenvalue weighted by atomic mass is 10.0. The molecule has 106 valence electrons. The Hall–Kier alpha value is -1.14. The minimum Gasteiger partial charge on any atom is -0.314 e. The molecule has 2 N–H and O–H groups in total. The van der Waals surface area contributed by atoms with Gasteiger partial charge >= 0.3 is 0 Å². The van der Waals surface area contributed by atoms with Crippen LogP contribution in [0.2, 0.25) is 0 Å². The lowest BCUT2D eigenvalue weighted by molar-refractivity contribution is 0.393. The van der Waals surface area contributed by atoms with Crippen LogP contribution in [0.1, 0.15) is 25.7 Å². The van der Waals surface area contributed by atoms with Crippen LogP contribution in [0.4, 0.5) is 10.1 Å². The molecule has 1 fully saturated rings. The molecule has 0 saturated carbocycles. The molecule has 1 aliphatic heterocycles. The van der Waals surface area contributed by atoms with Crippen molar-refractivity contribution in [2.75, 3.05) is 17.0 Å². The Morgan fingerprint density at radius 1 is 1.32 bits per heavy atom. The zero-order chi connectivity index (χ0) is 13.7. The summed E-state index contributed by atoms with van der Waals surface area (Å²) in [5, 5.41) is 3.30. The highest BCUT2D eigenvalue weighted by molar-refractivity contribution is 7.92. The predicted octanol–water partition coefficient (Wildman–Crippen LogP) is 2.10. The number of hydrogen-bond acceptors (Lipinski definition) is 3. The fourth-order valence-corrected chi connectivity index (χ4v) is 3.43. The van der Waals surface area contributed by atoms with Gasteiger partial charge in [-0.1, -0.05) is 18.6 Å². The fourth-order valence-electron chi connectivity index (χ4n) is 2.23. The van der Waals surface area contributed by atoms with E-state index in [1.165, 1.54) is 18.2 Å². The number of rotatable bonds is 5. The van der Waals surface area contributed by atoms with E-state index in [4.69, 9.17) is 0 Å². The lowest BCUT2D eigenvalue weighted by Crippen LogP contribution is -2.36. The van der Waals surface area contributed by atoms with Gasteiger partial charge in [0.05, 0.1) is 11.4 Å². The van der Waals surface area contributed by atoms with E-state index in [-0.39, 0.29) is 17.5 Å². The average Bonchev–Trinajstić information content (AvgIpc) is 2.40.